The summed E-state index contributed by atoms with van der Waals surface area (Å²) >= 11 is 5.92. The Kier molecular flexibility index (Phi) is 6.90. The molecule has 0 aromatic heterocycles. The van der Waals surface area contributed by atoms with Gasteiger partial charge in [0.1, 0.15) is 0 Å². The highest BCUT2D eigenvalue weighted by molar-refractivity contribution is 6.30. The number of benzene rings is 2. The van der Waals surface area contributed by atoms with E-state index in [1.54, 1.807) is 29.2 Å². The zero-order valence-electron chi connectivity index (χ0n) is 17.5. The Morgan fingerprint density at radius 2 is 1.68 bits per heavy atom. The van der Waals surface area contributed by atoms with Gasteiger partial charge in [0, 0.05) is 49.9 Å². The number of carbonyl (C=O) groups is 2. The van der Waals surface area contributed by atoms with E-state index in [4.69, 9.17) is 11.6 Å². The maximum atomic E-state index is 12.6. The third-order valence-corrected chi connectivity index (χ3v) is 6.34. The third-order valence-electron chi connectivity index (χ3n) is 6.09. The first kappa shape index (κ1) is 21.8. The van der Waals surface area contributed by atoms with Crippen molar-refractivity contribution in [3.8, 4) is 0 Å². The van der Waals surface area contributed by atoms with E-state index in [1.807, 2.05) is 12.1 Å². The van der Waals surface area contributed by atoms with Gasteiger partial charge in [-0.25, -0.2) is 0 Å². The first-order valence-electron chi connectivity index (χ1n) is 10.8. The van der Waals surface area contributed by atoms with E-state index in [0.29, 0.717) is 18.1 Å². The summed E-state index contributed by atoms with van der Waals surface area (Å²) in [6.45, 7) is 3.55. The van der Waals surface area contributed by atoms with Crippen LogP contribution in [0.15, 0.2) is 48.5 Å². The van der Waals surface area contributed by atoms with Gasteiger partial charge in [0.05, 0.1) is 12.0 Å². The molecule has 164 valence electrons. The number of halogens is 1. The maximum Gasteiger partial charge on any atom is 0.227 e. The largest absolute Gasteiger partial charge is 0.393 e. The number of nitrogens with one attached hydrogen (secondary N) is 1. The van der Waals surface area contributed by atoms with Crippen LogP contribution in [0.5, 0.6) is 0 Å². The van der Waals surface area contributed by atoms with Gasteiger partial charge in [0.25, 0.3) is 0 Å². The summed E-state index contributed by atoms with van der Waals surface area (Å²) in [6, 6.07) is 15.3. The van der Waals surface area contributed by atoms with Gasteiger partial charge in [-0.3, -0.25) is 14.5 Å². The highest BCUT2D eigenvalue weighted by Gasteiger charge is 2.34. The summed E-state index contributed by atoms with van der Waals surface area (Å²) in [5.41, 5.74) is 3.03. The topological polar surface area (TPSA) is 72.9 Å². The highest BCUT2D eigenvalue weighted by atomic mass is 35.5. The predicted molar refractivity (Wildman–Crippen MR) is 121 cm³/mol. The van der Waals surface area contributed by atoms with Crippen LogP contribution in [0.2, 0.25) is 5.02 Å². The third kappa shape index (κ3) is 5.64. The number of nitrogens with zero attached hydrogens (tertiary/aromatic N) is 2. The lowest BCUT2D eigenvalue weighted by Crippen LogP contribution is -2.35. The van der Waals surface area contributed by atoms with Crippen LogP contribution < -0.4 is 10.2 Å². The minimum Gasteiger partial charge on any atom is -0.393 e. The summed E-state index contributed by atoms with van der Waals surface area (Å²) in [6.07, 6.45) is 1.74. The van der Waals surface area contributed by atoms with E-state index in [1.165, 1.54) is 5.56 Å². The molecule has 2 saturated heterocycles. The number of aliphatic hydroxyl groups excluding tert-OH is 1. The first-order valence-corrected chi connectivity index (χ1v) is 11.2. The quantitative estimate of drug-likeness (QED) is 0.722. The summed E-state index contributed by atoms with van der Waals surface area (Å²) in [4.78, 5) is 29.0. The standard InChI is InChI=1S/C24H28ClN3O3/c25-20-5-7-21(8-6-20)28-16-19(13-23(28)30)24(31)26-14-17-1-3-18(4-2-17)15-27-11-9-22(29)10-12-27/h1-8,19,22,29H,9-16H2,(H,26,31). The van der Waals surface area contributed by atoms with E-state index < -0.39 is 0 Å². The van der Waals surface area contributed by atoms with E-state index in [-0.39, 0.29) is 30.3 Å². The smallest absolute Gasteiger partial charge is 0.227 e. The molecule has 0 aliphatic carbocycles. The Morgan fingerprint density at radius 1 is 1.03 bits per heavy atom. The van der Waals surface area contributed by atoms with Crippen molar-refractivity contribution >= 4 is 29.1 Å². The van der Waals surface area contributed by atoms with Crippen LogP contribution in [0, 0.1) is 5.92 Å². The minimum absolute atomic E-state index is 0.0444. The number of hydrogen-bond acceptors (Lipinski definition) is 4. The number of carbonyl (C=O) groups excluding carboxylic acids is 2. The molecule has 4 rings (SSSR count). The molecular weight excluding hydrogens is 414 g/mol. The van der Waals surface area contributed by atoms with Crippen molar-refractivity contribution in [1.29, 1.82) is 0 Å². The van der Waals surface area contributed by atoms with Crippen molar-refractivity contribution in [3.63, 3.8) is 0 Å². The van der Waals surface area contributed by atoms with Crippen molar-refractivity contribution in [3.05, 3.63) is 64.7 Å². The first-order chi connectivity index (χ1) is 15.0. The second-order valence-electron chi connectivity index (χ2n) is 8.42. The highest BCUT2D eigenvalue weighted by Crippen LogP contribution is 2.26. The second kappa shape index (κ2) is 9.81. The van der Waals surface area contributed by atoms with Gasteiger partial charge < -0.3 is 15.3 Å². The molecule has 2 aliphatic heterocycles. The van der Waals surface area contributed by atoms with Gasteiger partial charge in [-0.1, -0.05) is 35.9 Å². The number of hydrogen-bond donors (Lipinski definition) is 2. The van der Waals surface area contributed by atoms with Crippen molar-refractivity contribution in [2.45, 2.75) is 38.5 Å². The predicted octanol–water partition coefficient (Wildman–Crippen LogP) is 2.97. The molecule has 7 heteroatoms. The number of piperidine rings is 1. The fourth-order valence-electron chi connectivity index (χ4n) is 4.19. The Morgan fingerprint density at radius 3 is 2.35 bits per heavy atom. The maximum absolute atomic E-state index is 12.6. The van der Waals surface area contributed by atoms with Gasteiger partial charge in [-0.2, -0.15) is 0 Å². The van der Waals surface area contributed by atoms with E-state index in [0.717, 1.165) is 43.7 Å². The Hall–Kier alpha value is -2.41. The van der Waals surface area contributed by atoms with Gasteiger partial charge >= 0.3 is 0 Å². The van der Waals surface area contributed by atoms with Crippen LogP contribution in [-0.2, 0) is 22.7 Å². The Bertz CT molecular complexity index is 909. The van der Waals surface area contributed by atoms with Gasteiger partial charge in [0.15, 0.2) is 0 Å². The summed E-state index contributed by atoms with van der Waals surface area (Å²) in [5, 5.41) is 13.2. The van der Waals surface area contributed by atoms with E-state index >= 15 is 0 Å². The van der Waals surface area contributed by atoms with E-state index in [9.17, 15) is 14.7 Å². The van der Waals surface area contributed by atoms with Crippen LogP contribution in [0.25, 0.3) is 0 Å². The van der Waals surface area contributed by atoms with Crippen molar-refractivity contribution in [1.82, 2.24) is 10.2 Å². The average Bonchev–Trinajstić information content (AvgIpc) is 3.17. The molecule has 2 aromatic carbocycles. The fourth-order valence-corrected chi connectivity index (χ4v) is 4.31. The molecule has 31 heavy (non-hydrogen) atoms. The van der Waals surface area contributed by atoms with Crippen LogP contribution in [-0.4, -0.2) is 47.6 Å². The molecule has 2 heterocycles. The lowest BCUT2D eigenvalue weighted by atomic mass is 10.1. The molecule has 2 N–H and O–H groups in total. The van der Waals surface area contributed by atoms with Crippen LogP contribution in [0.4, 0.5) is 5.69 Å². The second-order valence-corrected chi connectivity index (χ2v) is 8.86. The molecule has 0 saturated carbocycles. The summed E-state index contributed by atoms with van der Waals surface area (Å²) in [7, 11) is 0. The number of rotatable bonds is 6. The van der Waals surface area contributed by atoms with Crippen LogP contribution in [0.1, 0.15) is 30.4 Å². The van der Waals surface area contributed by atoms with Crippen molar-refractivity contribution < 1.29 is 14.7 Å². The molecule has 1 unspecified atom stereocenters. The lowest BCUT2D eigenvalue weighted by molar-refractivity contribution is -0.126. The van der Waals surface area contributed by atoms with Crippen molar-refractivity contribution in [2.75, 3.05) is 24.5 Å². The summed E-state index contributed by atoms with van der Waals surface area (Å²) in [5.74, 6) is -0.491. The Balaban J connectivity index is 1.26. The van der Waals surface area contributed by atoms with Gasteiger partial charge in [-0.15, -0.1) is 0 Å². The number of anilines is 1. The lowest BCUT2D eigenvalue weighted by Gasteiger charge is -2.29. The average molecular weight is 442 g/mol. The molecule has 2 amide bonds. The molecular formula is C24H28ClN3O3. The molecule has 0 bridgehead atoms. The number of amides is 2. The normalized spacial score (nSPS) is 20.3. The fraction of sp³-hybridized carbons (Fsp3) is 0.417. The monoisotopic (exact) mass is 441 g/mol. The number of likely N-dealkylation sites (tertiary alicyclic amines) is 1. The molecule has 6 nitrogen and oxygen atoms in total. The zero-order chi connectivity index (χ0) is 21.8. The molecule has 0 spiro atoms. The molecule has 2 aliphatic rings. The van der Waals surface area contributed by atoms with E-state index in [2.05, 4.69) is 22.3 Å². The van der Waals surface area contributed by atoms with Crippen LogP contribution in [0.3, 0.4) is 0 Å². The van der Waals surface area contributed by atoms with Crippen LogP contribution >= 0.6 is 11.6 Å². The van der Waals surface area contributed by atoms with Crippen molar-refractivity contribution in [2.24, 2.45) is 5.92 Å². The van der Waals surface area contributed by atoms with Gasteiger partial charge in [-0.05, 0) is 48.2 Å². The number of aliphatic hydroxyl groups is 1. The SMILES string of the molecule is O=C(NCc1ccc(CN2CCC(O)CC2)cc1)C1CC(=O)N(c2ccc(Cl)cc2)C1. The molecule has 2 aromatic rings. The minimum atomic E-state index is -0.350. The zero-order valence-corrected chi connectivity index (χ0v) is 18.2. The molecule has 0 radical (unpaired) electrons. The van der Waals surface area contributed by atoms with Gasteiger partial charge in [0.2, 0.25) is 11.8 Å². The Labute approximate surface area is 187 Å². The molecule has 2 fully saturated rings. The summed E-state index contributed by atoms with van der Waals surface area (Å²) < 4.78 is 0. The molecule has 1 atom stereocenters.